The van der Waals surface area contributed by atoms with E-state index in [4.69, 9.17) is 14.2 Å². The van der Waals surface area contributed by atoms with Crippen LogP contribution < -0.4 is 20.5 Å². The SMILES string of the molecule is COC(=O)c1cnc2ccc(=O)n(CCC34CCC(N(C)c5ccc6c(n5)NC(=O)CO6)(CC3)CO4)c2c1. The molecule has 3 aromatic heterocycles. The van der Waals surface area contributed by atoms with Gasteiger partial charge in [0.1, 0.15) is 5.82 Å². The number of aromatic nitrogens is 3. The van der Waals surface area contributed by atoms with Gasteiger partial charge in [-0.05, 0) is 56.4 Å². The Kier molecular flexibility index (Phi) is 5.82. The lowest BCUT2D eigenvalue weighted by molar-refractivity contribution is -0.158. The van der Waals surface area contributed by atoms with Crippen molar-refractivity contribution in [3.63, 3.8) is 0 Å². The Balaban J connectivity index is 1.18. The Hall–Kier alpha value is -3.99. The van der Waals surface area contributed by atoms with Crippen molar-refractivity contribution >= 4 is 34.5 Å². The third kappa shape index (κ3) is 4.07. The highest BCUT2D eigenvalue weighted by Crippen LogP contribution is 2.49. The topological polar surface area (TPSA) is 125 Å². The Morgan fingerprint density at radius 3 is 2.74 bits per heavy atom. The van der Waals surface area contributed by atoms with Crippen molar-refractivity contribution in [2.45, 2.75) is 49.8 Å². The number of hydrogen-bond acceptors (Lipinski definition) is 9. The van der Waals surface area contributed by atoms with Gasteiger partial charge in [-0.1, -0.05) is 0 Å². The first-order valence-corrected chi connectivity index (χ1v) is 12.7. The van der Waals surface area contributed by atoms with E-state index >= 15 is 0 Å². The number of amides is 1. The molecule has 3 fully saturated rings. The van der Waals surface area contributed by atoms with Crippen molar-refractivity contribution in [3.8, 4) is 5.75 Å². The summed E-state index contributed by atoms with van der Waals surface area (Å²) in [5.41, 5.74) is 0.891. The molecule has 1 aliphatic carbocycles. The van der Waals surface area contributed by atoms with E-state index in [2.05, 4.69) is 20.2 Å². The number of ether oxygens (including phenoxy) is 3. The van der Waals surface area contributed by atoms with Crippen LogP contribution in [0.15, 0.2) is 41.3 Å². The Bertz CT molecular complexity index is 1480. The highest BCUT2D eigenvalue weighted by Gasteiger charge is 2.52. The molecule has 0 aromatic carbocycles. The molecule has 0 atom stereocenters. The highest BCUT2D eigenvalue weighted by molar-refractivity contribution is 5.94. The normalized spacial score (nSPS) is 23.9. The summed E-state index contributed by atoms with van der Waals surface area (Å²) in [6.45, 7) is 0.999. The average Bonchev–Trinajstić information content (AvgIpc) is 2.96. The number of nitrogens with zero attached hydrogens (tertiary/aromatic N) is 4. The number of carbonyl (C=O) groups is 2. The average molecular weight is 520 g/mol. The molecule has 11 heteroatoms. The first-order chi connectivity index (χ1) is 18.3. The van der Waals surface area contributed by atoms with Gasteiger partial charge in [0.2, 0.25) is 0 Å². The molecule has 2 bridgehead atoms. The Morgan fingerprint density at radius 2 is 2.00 bits per heavy atom. The second-order valence-corrected chi connectivity index (χ2v) is 10.3. The summed E-state index contributed by atoms with van der Waals surface area (Å²) in [6.07, 6.45) is 5.68. The number of carbonyl (C=O) groups excluding carboxylic acids is 2. The Labute approximate surface area is 218 Å². The third-order valence-corrected chi connectivity index (χ3v) is 8.30. The molecule has 0 radical (unpaired) electrons. The van der Waals surface area contributed by atoms with E-state index < -0.39 is 5.97 Å². The lowest BCUT2D eigenvalue weighted by Crippen LogP contribution is -2.62. The maximum atomic E-state index is 12.8. The van der Waals surface area contributed by atoms with Crippen molar-refractivity contribution in [3.05, 3.63) is 52.4 Å². The minimum absolute atomic E-state index is 0.00240. The zero-order chi connectivity index (χ0) is 26.5. The molecule has 7 rings (SSSR count). The van der Waals surface area contributed by atoms with Crippen LogP contribution in [0, 0.1) is 0 Å². The number of anilines is 2. The molecule has 1 amide bonds. The number of methoxy groups -OCH3 is 1. The van der Waals surface area contributed by atoms with Gasteiger partial charge in [0.15, 0.2) is 18.2 Å². The van der Waals surface area contributed by atoms with Crippen molar-refractivity contribution in [1.82, 2.24) is 14.5 Å². The molecule has 2 saturated heterocycles. The lowest BCUT2D eigenvalue weighted by Gasteiger charge is -2.56. The second-order valence-electron chi connectivity index (χ2n) is 10.3. The Morgan fingerprint density at radius 1 is 1.18 bits per heavy atom. The molecule has 0 spiro atoms. The molecule has 11 nitrogen and oxygen atoms in total. The van der Waals surface area contributed by atoms with E-state index in [-0.39, 0.29) is 29.2 Å². The first-order valence-electron chi connectivity index (χ1n) is 12.7. The standard InChI is InChI=1S/C27H29N5O6/c1-31(21-5-4-20-24(29-21)30-22(33)15-37-20)26-7-9-27(10-8-26,38-16-26)11-12-32-19-13-17(25(35)36-2)14-28-18(19)3-6-23(32)34/h3-6,13-14H,7-12,15-16H2,1-2H3,(H,29,30,33). The number of fused-ring (bicyclic) bond motifs is 5. The number of hydrogen-bond donors (Lipinski definition) is 1. The van der Waals surface area contributed by atoms with Crippen LogP contribution in [-0.4, -0.2) is 64.9 Å². The van der Waals surface area contributed by atoms with Gasteiger partial charge in [-0.3, -0.25) is 14.6 Å². The number of pyridine rings is 3. The molecule has 4 aliphatic rings. The summed E-state index contributed by atoms with van der Waals surface area (Å²) < 4.78 is 18.5. The number of nitrogens with one attached hydrogen (secondary N) is 1. The fourth-order valence-electron chi connectivity index (χ4n) is 5.83. The van der Waals surface area contributed by atoms with Gasteiger partial charge >= 0.3 is 5.97 Å². The fraction of sp³-hybridized carbons (Fsp3) is 0.444. The smallest absolute Gasteiger partial charge is 0.339 e. The highest BCUT2D eigenvalue weighted by atomic mass is 16.5. The van der Waals surface area contributed by atoms with E-state index in [1.54, 1.807) is 16.7 Å². The molecule has 1 saturated carbocycles. The fourth-order valence-corrected chi connectivity index (χ4v) is 5.83. The zero-order valence-corrected chi connectivity index (χ0v) is 21.4. The van der Waals surface area contributed by atoms with E-state index in [9.17, 15) is 14.4 Å². The van der Waals surface area contributed by atoms with Gasteiger partial charge in [0.25, 0.3) is 11.5 Å². The minimum Gasteiger partial charge on any atom is -0.480 e. The summed E-state index contributed by atoms with van der Waals surface area (Å²) >= 11 is 0. The third-order valence-electron chi connectivity index (χ3n) is 8.30. The molecular weight excluding hydrogens is 490 g/mol. The summed E-state index contributed by atoms with van der Waals surface area (Å²) in [5, 5.41) is 2.78. The number of likely N-dealkylation sites (N-methyl/N-ethyl adjacent to an activating group) is 1. The number of aryl methyl sites for hydroxylation is 1. The van der Waals surface area contributed by atoms with E-state index in [1.807, 2.05) is 19.2 Å². The monoisotopic (exact) mass is 519 g/mol. The second kappa shape index (κ2) is 9.09. The largest absolute Gasteiger partial charge is 0.480 e. The summed E-state index contributed by atoms with van der Waals surface area (Å²) in [4.78, 5) is 47.7. The molecular formula is C27H29N5O6. The van der Waals surface area contributed by atoms with Crippen LogP contribution in [0.2, 0.25) is 0 Å². The van der Waals surface area contributed by atoms with Crippen LogP contribution >= 0.6 is 0 Å². The lowest BCUT2D eigenvalue weighted by atomic mass is 9.69. The van der Waals surface area contributed by atoms with E-state index in [0.29, 0.717) is 47.7 Å². The van der Waals surface area contributed by atoms with Crippen LogP contribution in [0.25, 0.3) is 11.0 Å². The predicted octanol–water partition coefficient (Wildman–Crippen LogP) is 2.52. The summed E-state index contributed by atoms with van der Waals surface area (Å²) in [6, 6.07) is 8.58. The maximum absolute atomic E-state index is 12.8. The molecule has 198 valence electrons. The number of esters is 1. The van der Waals surface area contributed by atoms with Crippen LogP contribution in [0.5, 0.6) is 5.75 Å². The predicted molar refractivity (Wildman–Crippen MR) is 139 cm³/mol. The molecule has 3 aromatic rings. The van der Waals surface area contributed by atoms with Gasteiger partial charge < -0.3 is 29.0 Å². The van der Waals surface area contributed by atoms with E-state index in [1.165, 1.54) is 19.4 Å². The van der Waals surface area contributed by atoms with Crippen LogP contribution in [0.3, 0.4) is 0 Å². The van der Waals surface area contributed by atoms with Crippen LogP contribution in [0.4, 0.5) is 11.6 Å². The van der Waals surface area contributed by atoms with Gasteiger partial charge in [-0.2, -0.15) is 0 Å². The maximum Gasteiger partial charge on any atom is 0.339 e. The molecule has 6 heterocycles. The zero-order valence-electron chi connectivity index (χ0n) is 21.4. The van der Waals surface area contributed by atoms with Crippen LogP contribution in [0.1, 0.15) is 42.5 Å². The molecule has 3 aliphatic heterocycles. The number of rotatable bonds is 6. The van der Waals surface area contributed by atoms with E-state index in [0.717, 1.165) is 31.5 Å². The summed E-state index contributed by atoms with van der Waals surface area (Å²) in [5.74, 6) is 1.05. The van der Waals surface area contributed by atoms with Crippen LogP contribution in [-0.2, 0) is 20.8 Å². The van der Waals surface area contributed by atoms with Crippen molar-refractivity contribution in [1.29, 1.82) is 0 Å². The first kappa shape index (κ1) is 24.4. The van der Waals surface area contributed by atoms with Crippen molar-refractivity contribution in [2.75, 3.05) is 37.6 Å². The van der Waals surface area contributed by atoms with Gasteiger partial charge in [-0.25, -0.2) is 9.78 Å². The van der Waals surface area contributed by atoms with Crippen molar-refractivity contribution in [2.24, 2.45) is 0 Å². The minimum atomic E-state index is -0.493. The molecule has 0 unspecified atom stereocenters. The molecule has 38 heavy (non-hydrogen) atoms. The van der Waals surface area contributed by atoms with Gasteiger partial charge in [0, 0.05) is 25.9 Å². The summed E-state index contributed by atoms with van der Waals surface area (Å²) in [7, 11) is 3.34. The van der Waals surface area contributed by atoms with Crippen molar-refractivity contribution < 1.29 is 23.8 Å². The quantitative estimate of drug-likeness (QED) is 0.489. The molecule has 1 N–H and O–H groups in total. The van der Waals surface area contributed by atoms with Gasteiger partial charge in [-0.15, -0.1) is 0 Å². The van der Waals surface area contributed by atoms with Gasteiger partial charge in [0.05, 0.1) is 41.5 Å².